The Hall–Kier alpha value is -3.66. The predicted octanol–water partition coefficient (Wildman–Crippen LogP) is 2.23. The number of nitriles is 1. The highest BCUT2D eigenvalue weighted by Gasteiger charge is 2.19. The van der Waals surface area contributed by atoms with Gasteiger partial charge in [-0.25, -0.2) is 14.5 Å². The van der Waals surface area contributed by atoms with Gasteiger partial charge in [-0.15, -0.1) is 0 Å². The van der Waals surface area contributed by atoms with Gasteiger partial charge in [0.05, 0.1) is 17.1 Å². The largest absolute Gasteiger partial charge is 0.419 e. The predicted molar refractivity (Wildman–Crippen MR) is 89.9 cm³/mol. The molecule has 0 saturated carbocycles. The first kappa shape index (κ1) is 14.9. The molecule has 1 atom stereocenters. The first-order valence-corrected chi connectivity index (χ1v) is 7.61. The molecule has 2 aromatic carbocycles. The number of benzene rings is 2. The van der Waals surface area contributed by atoms with Crippen LogP contribution in [0.3, 0.4) is 0 Å². The summed E-state index contributed by atoms with van der Waals surface area (Å²) in [6, 6.07) is 14.8. The summed E-state index contributed by atoms with van der Waals surface area (Å²) < 4.78 is 8.49. The van der Waals surface area contributed by atoms with Gasteiger partial charge in [-0.1, -0.05) is 18.2 Å². The smallest absolute Gasteiger partial charge is 0.408 e. The lowest BCUT2D eigenvalue weighted by atomic mass is 9.97. The molecule has 0 aliphatic heterocycles. The summed E-state index contributed by atoms with van der Waals surface area (Å²) in [6.45, 7) is 0. The van der Waals surface area contributed by atoms with Crippen LogP contribution in [0.2, 0.25) is 0 Å². The summed E-state index contributed by atoms with van der Waals surface area (Å²) >= 11 is 0. The van der Waals surface area contributed by atoms with Gasteiger partial charge in [0.2, 0.25) is 0 Å². The number of oxazole rings is 1. The Labute approximate surface area is 142 Å². The molecular formula is C18H13N5O2. The highest BCUT2D eigenvalue weighted by Crippen LogP contribution is 2.28. The van der Waals surface area contributed by atoms with Crippen LogP contribution < -0.4 is 5.76 Å². The fraction of sp³-hybridized carbons (Fsp3) is 0.111. The lowest BCUT2D eigenvalue weighted by Gasteiger charge is -2.18. The van der Waals surface area contributed by atoms with E-state index < -0.39 is 5.76 Å². The number of nitrogens with zero attached hydrogens (tertiary/aromatic N) is 5. The van der Waals surface area contributed by atoms with Gasteiger partial charge >= 0.3 is 5.76 Å². The third-order valence-electron chi connectivity index (χ3n) is 4.19. The molecule has 0 bridgehead atoms. The molecule has 2 aromatic heterocycles. The van der Waals surface area contributed by atoms with Crippen molar-refractivity contribution in [2.24, 2.45) is 7.05 Å². The van der Waals surface area contributed by atoms with E-state index in [1.54, 1.807) is 30.2 Å². The summed E-state index contributed by atoms with van der Waals surface area (Å²) in [4.78, 5) is 15.8. The summed E-state index contributed by atoms with van der Waals surface area (Å²) in [7, 11) is 1.67. The molecule has 0 aliphatic rings. The van der Waals surface area contributed by atoms with Crippen LogP contribution in [0.25, 0.3) is 11.1 Å². The molecule has 0 amide bonds. The number of hydrogen-bond donors (Lipinski definition) is 0. The van der Waals surface area contributed by atoms with Crippen LogP contribution in [0, 0.1) is 11.3 Å². The van der Waals surface area contributed by atoms with Crippen LogP contribution >= 0.6 is 0 Å². The summed E-state index contributed by atoms with van der Waals surface area (Å²) in [5, 5.41) is 13.3. The highest BCUT2D eigenvalue weighted by atomic mass is 16.4. The number of rotatable bonds is 3. The Morgan fingerprint density at radius 3 is 2.60 bits per heavy atom. The first-order valence-electron chi connectivity index (χ1n) is 7.61. The SMILES string of the molecule is Cn1c(=O)oc2cc(C(c3ccc(C#N)cc3)n3cncn3)ccc21. The summed E-state index contributed by atoms with van der Waals surface area (Å²) in [6.07, 6.45) is 3.10. The van der Waals surface area contributed by atoms with E-state index in [0.717, 1.165) is 16.6 Å². The fourth-order valence-electron chi connectivity index (χ4n) is 2.91. The Kier molecular flexibility index (Phi) is 3.43. The molecule has 7 nitrogen and oxygen atoms in total. The van der Waals surface area contributed by atoms with E-state index in [9.17, 15) is 4.79 Å². The first-order chi connectivity index (χ1) is 12.2. The molecule has 1 unspecified atom stereocenters. The van der Waals surface area contributed by atoms with Gasteiger partial charge in [-0.2, -0.15) is 10.4 Å². The van der Waals surface area contributed by atoms with Crippen LogP contribution in [0.1, 0.15) is 22.7 Å². The van der Waals surface area contributed by atoms with Crippen molar-refractivity contribution in [1.29, 1.82) is 5.26 Å². The maximum atomic E-state index is 11.7. The molecule has 25 heavy (non-hydrogen) atoms. The molecule has 0 aliphatic carbocycles. The molecule has 7 heteroatoms. The van der Waals surface area contributed by atoms with E-state index in [0.29, 0.717) is 11.1 Å². The lowest BCUT2D eigenvalue weighted by molar-refractivity contribution is 0.527. The summed E-state index contributed by atoms with van der Waals surface area (Å²) in [5.74, 6) is -0.400. The fourth-order valence-corrected chi connectivity index (χ4v) is 2.91. The topological polar surface area (TPSA) is 89.6 Å². The van der Waals surface area contributed by atoms with Crippen molar-refractivity contribution in [1.82, 2.24) is 19.3 Å². The van der Waals surface area contributed by atoms with Crippen LogP contribution in [-0.2, 0) is 7.05 Å². The molecule has 0 N–H and O–H groups in total. The third kappa shape index (κ3) is 2.50. The van der Waals surface area contributed by atoms with E-state index in [1.165, 1.54) is 10.9 Å². The van der Waals surface area contributed by atoms with Crippen molar-refractivity contribution < 1.29 is 4.42 Å². The second-order valence-corrected chi connectivity index (χ2v) is 5.67. The maximum Gasteiger partial charge on any atom is 0.419 e. The normalized spacial score (nSPS) is 12.2. The van der Waals surface area contributed by atoms with Crippen LogP contribution in [0.15, 0.2) is 64.3 Å². The monoisotopic (exact) mass is 331 g/mol. The molecular weight excluding hydrogens is 318 g/mol. The van der Waals surface area contributed by atoms with Gasteiger partial charge in [0, 0.05) is 7.05 Å². The van der Waals surface area contributed by atoms with E-state index >= 15 is 0 Å². The number of hydrogen-bond acceptors (Lipinski definition) is 5. The van der Waals surface area contributed by atoms with E-state index in [4.69, 9.17) is 9.68 Å². The van der Waals surface area contributed by atoms with Crippen molar-refractivity contribution >= 4 is 11.1 Å². The minimum Gasteiger partial charge on any atom is -0.408 e. The van der Waals surface area contributed by atoms with E-state index in [1.807, 2.05) is 30.3 Å². The van der Waals surface area contributed by atoms with Crippen LogP contribution in [0.4, 0.5) is 0 Å². The second-order valence-electron chi connectivity index (χ2n) is 5.67. The molecule has 0 fully saturated rings. The number of fused-ring (bicyclic) bond motifs is 1. The minimum atomic E-state index is -0.400. The minimum absolute atomic E-state index is 0.245. The lowest BCUT2D eigenvalue weighted by Crippen LogP contribution is -2.13. The second kappa shape index (κ2) is 5.76. The van der Waals surface area contributed by atoms with Crippen molar-refractivity contribution in [2.75, 3.05) is 0 Å². The molecule has 0 spiro atoms. The number of aryl methyl sites for hydroxylation is 1. The van der Waals surface area contributed by atoms with Gasteiger partial charge < -0.3 is 4.42 Å². The molecule has 4 rings (SSSR count). The van der Waals surface area contributed by atoms with Gasteiger partial charge in [0.1, 0.15) is 18.7 Å². The Balaban J connectivity index is 1.89. The molecule has 2 heterocycles. The maximum absolute atomic E-state index is 11.7. The zero-order valence-corrected chi connectivity index (χ0v) is 13.3. The van der Waals surface area contributed by atoms with Gasteiger partial charge in [0.25, 0.3) is 0 Å². The van der Waals surface area contributed by atoms with Gasteiger partial charge in [0.15, 0.2) is 5.58 Å². The third-order valence-corrected chi connectivity index (χ3v) is 4.19. The zero-order chi connectivity index (χ0) is 17.4. The van der Waals surface area contributed by atoms with Crippen molar-refractivity contribution in [2.45, 2.75) is 6.04 Å². The number of aromatic nitrogens is 4. The van der Waals surface area contributed by atoms with Gasteiger partial charge in [-0.3, -0.25) is 4.57 Å². The molecule has 0 saturated heterocycles. The molecule has 0 radical (unpaired) electrons. The average Bonchev–Trinajstić information content (AvgIpc) is 3.25. The van der Waals surface area contributed by atoms with Gasteiger partial charge in [-0.05, 0) is 35.4 Å². The average molecular weight is 331 g/mol. The molecule has 122 valence electrons. The van der Waals surface area contributed by atoms with Crippen LogP contribution in [0.5, 0.6) is 0 Å². The highest BCUT2D eigenvalue weighted by molar-refractivity contribution is 5.74. The standard InChI is InChI=1S/C18H13N5O2/c1-22-15-7-6-14(8-16(15)25-18(22)24)17(23-11-20-10-21-23)13-4-2-12(9-19)3-5-13/h2-8,10-11,17H,1H3. The zero-order valence-electron chi connectivity index (χ0n) is 13.3. The Bertz CT molecular complexity index is 1130. The summed E-state index contributed by atoms with van der Waals surface area (Å²) in [5.41, 5.74) is 3.68. The van der Waals surface area contributed by atoms with Crippen molar-refractivity contribution in [3.8, 4) is 6.07 Å². The van der Waals surface area contributed by atoms with E-state index in [-0.39, 0.29) is 6.04 Å². The Morgan fingerprint density at radius 1 is 1.16 bits per heavy atom. The van der Waals surface area contributed by atoms with Crippen molar-refractivity contribution in [3.05, 3.63) is 82.4 Å². The molecule has 4 aromatic rings. The van der Waals surface area contributed by atoms with Crippen molar-refractivity contribution in [3.63, 3.8) is 0 Å². The van der Waals surface area contributed by atoms with E-state index in [2.05, 4.69) is 16.2 Å². The van der Waals surface area contributed by atoms with Crippen LogP contribution in [-0.4, -0.2) is 19.3 Å². The Morgan fingerprint density at radius 2 is 1.92 bits per heavy atom. The quantitative estimate of drug-likeness (QED) is 0.574.